The highest BCUT2D eigenvalue weighted by Gasteiger charge is 2.29. The van der Waals surface area contributed by atoms with Gasteiger partial charge < -0.3 is 10.2 Å². The normalized spacial score (nSPS) is 23.9. The Morgan fingerprint density at radius 3 is 2.84 bits per heavy atom. The van der Waals surface area contributed by atoms with E-state index in [1.807, 2.05) is 0 Å². The van der Waals surface area contributed by atoms with Crippen molar-refractivity contribution in [1.29, 1.82) is 0 Å². The third-order valence-corrected chi connectivity index (χ3v) is 4.65. The second kappa shape index (κ2) is 6.93. The van der Waals surface area contributed by atoms with Crippen molar-refractivity contribution in [1.82, 2.24) is 5.32 Å². The molecular weight excluding hydrogens is 347 g/mol. The van der Waals surface area contributed by atoms with Gasteiger partial charge in [-0.3, -0.25) is 0 Å². The molecule has 0 bridgehead atoms. The average Bonchev–Trinajstić information content (AvgIpc) is 2.39. The summed E-state index contributed by atoms with van der Waals surface area (Å²) in [7, 11) is 0. The minimum absolute atomic E-state index is 0.603. The molecule has 1 saturated heterocycles. The largest absolute Gasteiger partial charge is 0.365 e. The van der Waals surface area contributed by atoms with Gasteiger partial charge in [0.05, 0.1) is 0 Å². The summed E-state index contributed by atoms with van der Waals surface area (Å²) < 4.78 is 1.32. The number of nitrogens with one attached hydrogen (secondary N) is 1. The molecule has 1 N–H and O–H groups in total. The van der Waals surface area contributed by atoms with E-state index in [2.05, 4.69) is 77.8 Å². The first kappa shape index (κ1) is 15.1. The molecule has 2 unspecified atom stereocenters. The van der Waals surface area contributed by atoms with E-state index in [0.717, 1.165) is 13.1 Å². The van der Waals surface area contributed by atoms with Gasteiger partial charge in [-0.05, 0) is 53.1 Å². The van der Waals surface area contributed by atoms with Crippen LogP contribution in [0.4, 0.5) is 5.69 Å². The molecule has 0 radical (unpaired) electrons. The molecule has 1 aliphatic heterocycles. The molecule has 2 rings (SSSR count). The van der Waals surface area contributed by atoms with Gasteiger partial charge in [-0.1, -0.05) is 33.3 Å². The standard InChI is InChI=1S/C16H25IN2/c1-4-6-14-11-19(16(10-18-14)12(2)3)15-8-5-7-13(17)9-15/h5,7-9,12,14,16,18H,4,6,10-11H2,1-3H3. The van der Waals surface area contributed by atoms with Gasteiger partial charge in [-0.2, -0.15) is 0 Å². The van der Waals surface area contributed by atoms with Gasteiger partial charge in [0.2, 0.25) is 0 Å². The van der Waals surface area contributed by atoms with Crippen LogP contribution in [0.2, 0.25) is 0 Å². The first-order chi connectivity index (χ1) is 9.11. The van der Waals surface area contributed by atoms with Crippen LogP contribution in [0.1, 0.15) is 33.6 Å². The number of nitrogens with zero attached hydrogens (tertiary/aromatic N) is 1. The summed E-state index contributed by atoms with van der Waals surface area (Å²) in [6.45, 7) is 9.16. The quantitative estimate of drug-likeness (QED) is 0.807. The van der Waals surface area contributed by atoms with Gasteiger partial charge in [0, 0.05) is 34.4 Å². The van der Waals surface area contributed by atoms with Crippen molar-refractivity contribution in [3.05, 3.63) is 27.8 Å². The summed E-state index contributed by atoms with van der Waals surface area (Å²) in [5, 5.41) is 3.72. The van der Waals surface area contributed by atoms with Crippen LogP contribution in [0.15, 0.2) is 24.3 Å². The highest BCUT2D eigenvalue weighted by molar-refractivity contribution is 14.1. The van der Waals surface area contributed by atoms with Gasteiger partial charge in [0.25, 0.3) is 0 Å². The van der Waals surface area contributed by atoms with Crippen molar-refractivity contribution < 1.29 is 0 Å². The molecule has 2 atom stereocenters. The predicted octanol–water partition coefficient (Wildman–Crippen LogP) is 3.89. The lowest BCUT2D eigenvalue weighted by molar-refractivity contribution is 0.327. The van der Waals surface area contributed by atoms with Gasteiger partial charge >= 0.3 is 0 Å². The summed E-state index contributed by atoms with van der Waals surface area (Å²) in [6.07, 6.45) is 2.52. The topological polar surface area (TPSA) is 15.3 Å². The van der Waals surface area contributed by atoms with Gasteiger partial charge in [-0.15, -0.1) is 0 Å². The van der Waals surface area contributed by atoms with E-state index in [9.17, 15) is 0 Å². The number of rotatable bonds is 4. The summed E-state index contributed by atoms with van der Waals surface area (Å²) in [5.74, 6) is 0.674. The van der Waals surface area contributed by atoms with Crippen LogP contribution in [0.25, 0.3) is 0 Å². The van der Waals surface area contributed by atoms with E-state index in [1.54, 1.807) is 0 Å². The van der Waals surface area contributed by atoms with Crippen molar-refractivity contribution in [3.63, 3.8) is 0 Å². The van der Waals surface area contributed by atoms with Crippen LogP contribution >= 0.6 is 22.6 Å². The molecule has 0 aliphatic carbocycles. The highest BCUT2D eigenvalue weighted by atomic mass is 127. The Labute approximate surface area is 131 Å². The maximum atomic E-state index is 3.72. The summed E-state index contributed by atoms with van der Waals surface area (Å²) in [5.41, 5.74) is 1.38. The van der Waals surface area contributed by atoms with Gasteiger partial charge in [0.15, 0.2) is 0 Å². The maximum absolute atomic E-state index is 3.72. The Balaban J connectivity index is 2.20. The smallest absolute Gasteiger partial charge is 0.0438 e. The van der Waals surface area contributed by atoms with Crippen LogP contribution in [-0.4, -0.2) is 25.2 Å². The number of hydrogen-bond acceptors (Lipinski definition) is 2. The van der Waals surface area contributed by atoms with E-state index >= 15 is 0 Å². The monoisotopic (exact) mass is 372 g/mol. The molecule has 3 heteroatoms. The van der Waals surface area contributed by atoms with E-state index in [-0.39, 0.29) is 0 Å². The van der Waals surface area contributed by atoms with Crippen LogP contribution in [0.5, 0.6) is 0 Å². The molecule has 0 aromatic heterocycles. The lowest BCUT2D eigenvalue weighted by Crippen LogP contribution is -2.58. The minimum Gasteiger partial charge on any atom is -0.365 e. The first-order valence-electron chi connectivity index (χ1n) is 7.37. The molecule has 1 aromatic carbocycles. The number of halogens is 1. The van der Waals surface area contributed by atoms with E-state index in [4.69, 9.17) is 0 Å². The number of hydrogen-bond donors (Lipinski definition) is 1. The van der Waals surface area contributed by atoms with Gasteiger partial charge in [0.1, 0.15) is 0 Å². The molecule has 0 spiro atoms. The van der Waals surface area contributed by atoms with Crippen LogP contribution in [0.3, 0.4) is 0 Å². The Morgan fingerprint density at radius 2 is 2.21 bits per heavy atom. The zero-order valence-electron chi connectivity index (χ0n) is 12.2. The molecule has 2 nitrogen and oxygen atoms in total. The molecule has 1 aliphatic rings. The zero-order valence-corrected chi connectivity index (χ0v) is 14.4. The minimum atomic E-state index is 0.603. The van der Waals surface area contributed by atoms with Crippen molar-refractivity contribution in [2.75, 3.05) is 18.0 Å². The number of anilines is 1. The molecular formula is C16H25IN2. The first-order valence-corrected chi connectivity index (χ1v) is 8.45. The third kappa shape index (κ3) is 3.85. The second-order valence-corrected chi connectivity index (χ2v) is 7.08. The van der Waals surface area contributed by atoms with Crippen molar-refractivity contribution in [2.45, 2.75) is 45.7 Å². The highest BCUT2D eigenvalue weighted by Crippen LogP contribution is 2.26. The van der Waals surface area contributed by atoms with Crippen molar-refractivity contribution in [2.24, 2.45) is 5.92 Å². The molecule has 1 fully saturated rings. The Hall–Kier alpha value is -0.290. The number of piperazine rings is 1. The Morgan fingerprint density at radius 1 is 1.42 bits per heavy atom. The second-order valence-electron chi connectivity index (χ2n) is 5.84. The Bertz CT molecular complexity index is 405. The average molecular weight is 372 g/mol. The maximum Gasteiger partial charge on any atom is 0.0438 e. The zero-order chi connectivity index (χ0) is 13.8. The van der Waals surface area contributed by atoms with Gasteiger partial charge in [-0.25, -0.2) is 0 Å². The summed E-state index contributed by atoms with van der Waals surface area (Å²) in [4.78, 5) is 2.61. The van der Waals surface area contributed by atoms with Crippen molar-refractivity contribution in [3.8, 4) is 0 Å². The Kier molecular flexibility index (Phi) is 5.51. The van der Waals surface area contributed by atoms with Crippen LogP contribution < -0.4 is 10.2 Å². The number of benzene rings is 1. The van der Waals surface area contributed by atoms with Crippen molar-refractivity contribution >= 4 is 28.3 Å². The molecule has 19 heavy (non-hydrogen) atoms. The van der Waals surface area contributed by atoms with Crippen LogP contribution in [0, 0.1) is 9.49 Å². The van der Waals surface area contributed by atoms with E-state index < -0.39 is 0 Å². The van der Waals surface area contributed by atoms with E-state index in [1.165, 1.54) is 22.1 Å². The molecule has 0 amide bonds. The fourth-order valence-corrected chi connectivity index (χ4v) is 3.45. The predicted molar refractivity (Wildman–Crippen MR) is 91.8 cm³/mol. The lowest BCUT2D eigenvalue weighted by Gasteiger charge is -2.44. The molecule has 106 valence electrons. The SMILES string of the molecule is CCCC1CN(c2cccc(I)c2)C(C(C)C)CN1. The third-order valence-electron chi connectivity index (χ3n) is 3.98. The molecule has 1 aromatic rings. The fraction of sp³-hybridized carbons (Fsp3) is 0.625. The fourth-order valence-electron chi connectivity index (χ4n) is 2.92. The summed E-state index contributed by atoms with van der Waals surface area (Å²) >= 11 is 2.41. The lowest BCUT2D eigenvalue weighted by atomic mass is 9.96. The molecule has 0 saturated carbocycles. The van der Waals surface area contributed by atoms with Crippen LogP contribution in [-0.2, 0) is 0 Å². The van der Waals surface area contributed by atoms with E-state index in [0.29, 0.717) is 18.0 Å². The molecule has 1 heterocycles. The summed E-state index contributed by atoms with van der Waals surface area (Å²) in [6, 6.07) is 10.1.